The Kier molecular flexibility index (Phi) is 6.71. The topological polar surface area (TPSA) is 67.4 Å². The molecule has 0 saturated heterocycles. The molecule has 130 valence electrons. The van der Waals surface area contributed by atoms with Crippen molar-refractivity contribution in [3.8, 4) is 0 Å². The van der Waals surface area contributed by atoms with Gasteiger partial charge in [-0.15, -0.1) is 0 Å². The van der Waals surface area contributed by atoms with Crippen LogP contribution >= 0.6 is 0 Å². The van der Waals surface area contributed by atoms with E-state index in [9.17, 15) is 14.0 Å². The summed E-state index contributed by atoms with van der Waals surface area (Å²) in [6, 6.07) is 12.6. The van der Waals surface area contributed by atoms with Crippen LogP contribution in [-0.2, 0) is 11.3 Å². The van der Waals surface area contributed by atoms with E-state index < -0.39 is 6.03 Å². The van der Waals surface area contributed by atoms with Crippen LogP contribution in [0.4, 0.5) is 9.18 Å². The third kappa shape index (κ3) is 5.76. The van der Waals surface area contributed by atoms with Gasteiger partial charge in [0.25, 0.3) is 0 Å². The number of ether oxygens (including phenoxy) is 1. The highest BCUT2D eigenvalue weighted by Crippen LogP contribution is 2.08. The molecule has 2 rings (SSSR count). The fourth-order valence-electron chi connectivity index (χ4n) is 2.02. The van der Waals surface area contributed by atoms with Crippen molar-refractivity contribution in [2.45, 2.75) is 13.5 Å². The van der Waals surface area contributed by atoms with E-state index in [-0.39, 0.29) is 11.8 Å². The number of amides is 2. The standard InChI is InChI=1S/C19H19FN2O3/c1-2-25-18(23)16-9-7-14(8-10-16)13-22-19(24)21-12-11-15-5-3-4-6-17(15)20/h3-12H,2,13H2,1H3,(H2,21,22,24)/b12-11+. The molecule has 2 aromatic rings. The molecule has 25 heavy (non-hydrogen) atoms. The third-order valence-corrected chi connectivity index (χ3v) is 3.30. The van der Waals surface area contributed by atoms with E-state index >= 15 is 0 Å². The number of esters is 1. The van der Waals surface area contributed by atoms with Crippen LogP contribution in [0.2, 0.25) is 0 Å². The molecule has 0 aliphatic rings. The largest absolute Gasteiger partial charge is 0.462 e. The van der Waals surface area contributed by atoms with Crippen LogP contribution in [0, 0.1) is 5.82 Å². The van der Waals surface area contributed by atoms with Gasteiger partial charge >= 0.3 is 12.0 Å². The minimum Gasteiger partial charge on any atom is -0.462 e. The SMILES string of the molecule is CCOC(=O)c1ccc(CNC(=O)N/C=C/c2ccccc2F)cc1. The van der Waals surface area contributed by atoms with Crippen molar-refractivity contribution in [3.05, 3.63) is 77.2 Å². The molecule has 0 radical (unpaired) electrons. The molecule has 2 N–H and O–H groups in total. The molecule has 6 heteroatoms. The van der Waals surface area contributed by atoms with Crippen LogP contribution in [0.1, 0.15) is 28.4 Å². The minimum atomic E-state index is -0.415. The van der Waals surface area contributed by atoms with Crippen molar-refractivity contribution >= 4 is 18.1 Å². The Bertz CT molecular complexity index is 758. The molecule has 0 saturated carbocycles. The van der Waals surface area contributed by atoms with Gasteiger partial charge in [-0.2, -0.15) is 0 Å². The van der Waals surface area contributed by atoms with Gasteiger partial charge in [0.05, 0.1) is 12.2 Å². The number of rotatable bonds is 6. The molecular formula is C19H19FN2O3. The molecule has 5 nitrogen and oxygen atoms in total. The van der Waals surface area contributed by atoms with Crippen LogP contribution in [0.5, 0.6) is 0 Å². The van der Waals surface area contributed by atoms with Crippen LogP contribution in [0.25, 0.3) is 6.08 Å². The van der Waals surface area contributed by atoms with E-state index in [1.807, 2.05) is 0 Å². The normalized spacial score (nSPS) is 10.5. The van der Waals surface area contributed by atoms with E-state index in [4.69, 9.17) is 4.74 Å². The second-order valence-corrected chi connectivity index (χ2v) is 5.10. The maximum absolute atomic E-state index is 13.4. The highest BCUT2D eigenvalue weighted by atomic mass is 19.1. The molecule has 2 aromatic carbocycles. The Hall–Kier alpha value is -3.15. The first-order valence-electron chi connectivity index (χ1n) is 7.81. The van der Waals surface area contributed by atoms with Crippen LogP contribution < -0.4 is 10.6 Å². The Labute approximate surface area is 145 Å². The summed E-state index contributed by atoms with van der Waals surface area (Å²) in [6.45, 7) is 2.36. The third-order valence-electron chi connectivity index (χ3n) is 3.30. The fraction of sp³-hybridized carbons (Fsp3) is 0.158. The Balaban J connectivity index is 1.80. The molecule has 0 fully saturated rings. The first-order chi connectivity index (χ1) is 12.1. The van der Waals surface area contributed by atoms with Gasteiger partial charge < -0.3 is 15.4 Å². The summed E-state index contributed by atoms with van der Waals surface area (Å²) >= 11 is 0. The molecule has 2 amide bonds. The van der Waals surface area contributed by atoms with Gasteiger partial charge in [-0.05, 0) is 36.8 Å². The maximum atomic E-state index is 13.4. The van der Waals surface area contributed by atoms with Crippen LogP contribution in [0.3, 0.4) is 0 Å². The number of halogens is 1. The van der Waals surface area contributed by atoms with Gasteiger partial charge in [-0.1, -0.05) is 30.3 Å². The number of urea groups is 1. The lowest BCUT2D eigenvalue weighted by Crippen LogP contribution is -2.31. The van der Waals surface area contributed by atoms with Gasteiger partial charge in [-0.3, -0.25) is 0 Å². The van der Waals surface area contributed by atoms with Gasteiger partial charge in [0.1, 0.15) is 5.82 Å². The summed E-state index contributed by atoms with van der Waals surface area (Å²) in [7, 11) is 0. The zero-order valence-electron chi connectivity index (χ0n) is 13.8. The number of carbonyl (C=O) groups excluding carboxylic acids is 2. The van der Waals surface area contributed by atoms with Crippen molar-refractivity contribution in [3.63, 3.8) is 0 Å². The van der Waals surface area contributed by atoms with E-state index in [2.05, 4.69) is 10.6 Å². The van der Waals surface area contributed by atoms with E-state index in [0.29, 0.717) is 24.3 Å². The zero-order chi connectivity index (χ0) is 18.1. The second kappa shape index (κ2) is 9.22. The van der Waals surface area contributed by atoms with Gasteiger partial charge in [0.2, 0.25) is 0 Å². The second-order valence-electron chi connectivity index (χ2n) is 5.10. The average molecular weight is 342 g/mol. The molecule has 0 aromatic heterocycles. The summed E-state index contributed by atoms with van der Waals surface area (Å²) in [5.41, 5.74) is 1.68. The van der Waals surface area contributed by atoms with Crippen molar-refractivity contribution in [1.29, 1.82) is 0 Å². The summed E-state index contributed by atoms with van der Waals surface area (Å²) in [5.74, 6) is -0.735. The molecule has 0 heterocycles. The lowest BCUT2D eigenvalue weighted by Gasteiger charge is -2.06. The van der Waals surface area contributed by atoms with Gasteiger partial charge in [0, 0.05) is 18.3 Å². The van der Waals surface area contributed by atoms with Gasteiger partial charge in [-0.25, -0.2) is 14.0 Å². The zero-order valence-corrected chi connectivity index (χ0v) is 13.8. The molecule has 0 atom stereocenters. The summed E-state index contributed by atoms with van der Waals surface area (Å²) in [4.78, 5) is 23.3. The Morgan fingerprint density at radius 2 is 1.84 bits per heavy atom. The highest BCUT2D eigenvalue weighted by Gasteiger charge is 2.06. The first kappa shape index (κ1) is 18.2. The van der Waals surface area contributed by atoms with Crippen molar-refractivity contribution in [1.82, 2.24) is 10.6 Å². The molecule has 0 aliphatic carbocycles. The summed E-state index contributed by atoms with van der Waals surface area (Å²) < 4.78 is 18.3. The number of hydrogen-bond donors (Lipinski definition) is 2. The van der Waals surface area contributed by atoms with E-state index in [1.165, 1.54) is 18.3 Å². The highest BCUT2D eigenvalue weighted by molar-refractivity contribution is 5.89. The van der Waals surface area contributed by atoms with Crippen molar-refractivity contribution < 1.29 is 18.7 Å². The fourth-order valence-corrected chi connectivity index (χ4v) is 2.02. The molecule has 0 unspecified atom stereocenters. The van der Waals surface area contributed by atoms with Crippen molar-refractivity contribution in [2.24, 2.45) is 0 Å². The van der Waals surface area contributed by atoms with Gasteiger partial charge in [0.15, 0.2) is 0 Å². The smallest absolute Gasteiger partial charge is 0.338 e. The minimum absolute atomic E-state index is 0.294. The van der Waals surface area contributed by atoms with Crippen LogP contribution in [-0.4, -0.2) is 18.6 Å². The maximum Gasteiger partial charge on any atom is 0.338 e. The number of hydrogen-bond acceptors (Lipinski definition) is 3. The predicted octanol–water partition coefficient (Wildman–Crippen LogP) is 3.47. The van der Waals surface area contributed by atoms with Crippen LogP contribution in [0.15, 0.2) is 54.7 Å². The predicted molar refractivity (Wildman–Crippen MR) is 93.2 cm³/mol. The molecular weight excluding hydrogens is 323 g/mol. The number of nitrogens with one attached hydrogen (secondary N) is 2. The Morgan fingerprint density at radius 1 is 1.12 bits per heavy atom. The number of carbonyl (C=O) groups is 2. The molecule has 0 aliphatic heterocycles. The van der Waals surface area contributed by atoms with E-state index in [1.54, 1.807) is 49.4 Å². The van der Waals surface area contributed by atoms with E-state index in [0.717, 1.165) is 5.56 Å². The lowest BCUT2D eigenvalue weighted by molar-refractivity contribution is 0.0526. The lowest BCUT2D eigenvalue weighted by atomic mass is 10.1. The average Bonchev–Trinajstić information content (AvgIpc) is 2.62. The molecule has 0 bridgehead atoms. The first-order valence-corrected chi connectivity index (χ1v) is 7.81. The number of benzene rings is 2. The monoisotopic (exact) mass is 342 g/mol. The molecule has 0 spiro atoms. The Morgan fingerprint density at radius 3 is 2.52 bits per heavy atom. The summed E-state index contributed by atoms with van der Waals surface area (Å²) in [6.07, 6.45) is 2.85. The quantitative estimate of drug-likeness (QED) is 0.790. The summed E-state index contributed by atoms with van der Waals surface area (Å²) in [5, 5.41) is 5.17. The van der Waals surface area contributed by atoms with Crippen molar-refractivity contribution in [2.75, 3.05) is 6.61 Å².